The van der Waals surface area contributed by atoms with Crippen molar-refractivity contribution < 1.29 is 0 Å². The van der Waals surface area contributed by atoms with Crippen molar-refractivity contribution in [1.29, 1.82) is 0 Å². The molecule has 6 aromatic carbocycles. The van der Waals surface area contributed by atoms with E-state index >= 15 is 0 Å². The Kier molecular flexibility index (Phi) is 15.5. The van der Waals surface area contributed by atoms with Crippen molar-refractivity contribution in [3.05, 3.63) is 182 Å². The van der Waals surface area contributed by atoms with Gasteiger partial charge in [-0.15, -0.1) is 0 Å². The highest BCUT2D eigenvalue weighted by atomic mass is 15.7. The molecule has 12 unspecified atom stereocenters. The highest BCUT2D eigenvalue weighted by Gasteiger charge is 2.44. The van der Waals surface area contributed by atoms with E-state index in [4.69, 9.17) is 0 Å². The number of fused-ring (bicyclic) bond motifs is 12. The minimum atomic E-state index is -0.372. The molecule has 0 aliphatic carbocycles. The molecule has 0 saturated carbocycles. The number of nitrogens with zero attached hydrogens (tertiary/aromatic N) is 6. The summed E-state index contributed by atoms with van der Waals surface area (Å²) in [6, 6.07) is 63.5. The van der Waals surface area contributed by atoms with E-state index in [-0.39, 0.29) is 75.5 Å². The summed E-state index contributed by atoms with van der Waals surface area (Å²) in [5, 5.41) is 69.7. The summed E-state index contributed by atoms with van der Waals surface area (Å²) in [6.07, 6.45) is -4.47. The average Bonchev–Trinajstić information content (AvgIpc) is 3.51. The van der Waals surface area contributed by atoms with E-state index in [1.807, 2.05) is 0 Å². The molecule has 6 aromatic rings. The maximum atomic E-state index is 4.03. The van der Waals surface area contributed by atoms with Crippen LogP contribution in [0.4, 0.5) is 34.1 Å². The van der Waals surface area contributed by atoms with Crippen molar-refractivity contribution in [2.24, 2.45) is 0 Å². The molecule has 13 rings (SSSR count). The second-order valence-corrected chi connectivity index (χ2v) is 19.8. The molecule has 7 fully saturated rings. The molecule has 7 aliphatic rings. The van der Waals surface area contributed by atoms with Crippen LogP contribution in [0.2, 0.25) is 0 Å². The van der Waals surface area contributed by atoms with Crippen molar-refractivity contribution >= 4 is 34.1 Å². The lowest BCUT2D eigenvalue weighted by Gasteiger charge is -2.55. The van der Waals surface area contributed by atoms with E-state index in [2.05, 4.69) is 307 Å². The Hall–Kier alpha value is -6.60. The summed E-state index contributed by atoms with van der Waals surface area (Å²) in [7, 11) is 0. The Labute approximate surface area is 455 Å². The molecule has 7 saturated heterocycles. The van der Waals surface area contributed by atoms with Gasteiger partial charge in [-0.05, 0) is 72.8 Å². The summed E-state index contributed by atoms with van der Waals surface area (Å²) >= 11 is 0. The topological polar surface area (TPSA) is 236 Å². The summed E-state index contributed by atoms with van der Waals surface area (Å²) < 4.78 is 0. The minimum Gasteiger partial charge on any atom is -0.315 e. The summed E-state index contributed by atoms with van der Waals surface area (Å²) in [4.78, 5) is 14.1. The maximum absolute atomic E-state index is 4.03. The van der Waals surface area contributed by atoms with Crippen molar-refractivity contribution in [2.45, 2.75) is 75.5 Å². The molecule has 78 heavy (non-hydrogen) atoms. The van der Waals surface area contributed by atoms with Gasteiger partial charge in [-0.3, -0.25) is 95.7 Å². The van der Waals surface area contributed by atoms with Crippen LogP contribution in [0.3, 0.4) is 0 Å². The van der Waals surface area contributed by atoms with Gasteiger partial charge in [0.1, 0.15) is 75.5 Å². The van der Waals surface area contributed by atoms with Crippen LogP contribution < -0.4 is 125 Å². The van der Waals surface area contributed by atoms with Crippen LogP contribution in [0, 0.1) is 0 Å². The van der Waals surface area contributed by atoms with E-state index in [1.165, 1.54) is 0 Å². The fourth-order valence-corrected chi connectivity index (χ4v) is 11.5. The molecule has 18 N–H and O–H groups in total. The number of nitrogens with one attached hydrogen (secondary N) is 18. The molecule has 12 bridgehead atoms. The van der Waals surface area contributed by atoms with Crippen LogP contribution >= 0.6 is 0 Å². The van der Waals surface area contributed by atoms with Gasteiger partial charge in [-0.25, -0.2) is 0 Å². The largest absolute Gasteiger partial charge is 0.315 e. The standard InChI is InChI=1S/C54H72N24/c1-7-19-37(20-8-1)73-43-55-31-57-45(67-43)74(38-21-9-2-10-22-38)47-59-33-61-49(69-47)76(40-25-13-4-14-26-40)51-63-35-65-53(71-51)78(42-29-17-6-18-30-42)54-66-36-64-52(72-54)77(41-27-15-5-16-28-41)50-62-34-60-48(70-50)75(39-23-11-3-12-24-39)46-58-32-56-44(73)68-46/h1-30,43-72H,31-36H2. The fraction of sp³-hybridized carbons (Fsp3) is 0.333. The lowest BCUT2D eigenvalue weighted by Crippen LogP contribution is -2.84. The Morgan fingerprint density at radius 2 is 0.295 bits per heavy atom. The summed E-state index contributed by atoms with van der Waals surface area (Å²) in [6.45, 7) is 3.05. The molecular formula is C54H72N24. The number of anilines is 6. The Morgan fingerprint density at radius 3 is 0.410 bits per heavy atom. The lowest BCUT2D eigenvalue weighted by molar-refractivity contribution is 0.135. The van der Waals surface area contributed by atoms with Gasteiger partial charge < -0.3 is 29.4 Å². The molecular weight excluding hydrogens is 985 g/mol. The van der Waals surface area contributed by atoms with Crippen LogP contribution in [-0.4, -0.2) is 115 Å². The molecule has 408 valence electrons. The number of hydrogen-bond donors (Lipinski definition) is 18. The zero-order chi connectivity index (χ0) is 52.0. The maximum Gasteiger partial charge on any atom is 0.140 e. The molecule has 0 radical (unpaired) electrons. The number of hydrogen-bond acceptors (Lipinski definition) is 24. The predicted molar refractivity (Wildman–Crippen MR) is 305 cm³/mol. The van der Waals surface area contributed by atoms with Gasteiger partial charge in [0.2, 0.25) is 0 Å². The third kappa shape index (κ3) is 10.8. The van der Waals surface area contributed by atoms with Crippen LogP contribution in [-0.2, 0) is 0 Å². The predicted octanol–water partition coefficient (Wildman–Crippen LogP) is -1.12. The first-order chi connectivity index (χ1) is 38.7. The molecule has 24 nitrogen and oxygen atoms in total. The third-order valence-electron chi connectivity index (χ3n) is 15.1. The smallest absolute Gasteiger partial charge is 0.140 e. The highest BCUT2D eigenvalue weighted by Crippen LogP contribution is 2.28. The third-order valence-corrected chi connectivity index (χ3v) is 15.1. The van der Waals surface area contributed by atoms with E-state index < -0.39 is 0 Å². The minimum absolute atomic E-state index is 0.372. The number of para-hydroxylation sites is 6. The van der Waals surface area contributed by atoms with Crippen LogP contribution in [0.1, 0.15) is 0 Å². The fourth-order valence-electron chi connectivity index (χ4n) is 11.5. The first-order valence-electron chi connectivity index (χ1n) is 27.1. The van der Waals surface area contributed by atoms with Gasteiger partial charge in [0, 0.05) is 34.1 Å². The number of rotatable bonds is 6. The molecule has 0 amide bonds. The van der Waals surface area contributed by atoms with Crippen molar-refractivity contribution in [3.8, 4) is 0 Å². The second kappa shape index (κ2) is 23.8. The Balaban J connectivity index is 0.928. The van der Waals surface area contributed by atoms with Gasteiger partial charge >= 0.3 is 0 Å². The van der Waals surface area contributed by atoms with E-state index in [1.54, 1.807) is 0 Å². The van der Waals surface area contributed by atoms with Crippen LogP contribution in [0.15, 0.2) is 182 Å². The molecule has 7 aliphatic heterocycles. The molecule has 12 atom stereocenters. The summed E-state index contributed by atoms with van der Waals surface area (Å²) in [5.74, 6) is 0. The molecule has 7 heterocycles. The van der Waals surface area contributed by atoms with E-state index in [0.717, 1.165) is 34.1 Å². The van der Waals surface area contributed by atoms with Crippen molar-refractivity contribution in [1.82, 2.24) is 95.7 Å². The first kappa shape index (κ1) is 50.9. The highest BCUT2D eigenvalue weighted by molar-refractivity contribution is 5.55. The Morgan fingerprint density at radius 1 is 0.179 bits per heavy atom. The van der Waals surface area contributed by atoms with Gasteiger partial charge in [-0.2, -0.15) is 0 Å². The van der Waals surface area contributed by atoms with Crippen LogP contribution in [0.5, 0.6) is 0 Å². The zero-order valence-electron chi connectivity index (χ0n) is 43.2. The van der Waals surface area contributed by atoms with Crippen LogP contribution in [0.25, 0.3) is 0 Å². The normalized spacial score (nSPS) is 31.2. The SMILES string of the molecule is c1ccc(N2C3NCNC(N3)N(c3ccccc3)C3NCNC(N3)N(c3ccccc3)C3NCNC(N3)N(c3ccccc3)C3NCNC(N3)N(c3ccccc3)C3NCNC(N3)N(c3ccccc3)C3NCNC2N3)cc1. The van der Waals surface area contributed by atoms with Gasteiger partial charge in [0.15, 0.2) is 0 Å². The quantitative estimate of drug-likeness (QED) is 0.0947. The lowest BCUT2D eigenvalue weighted by atomic mass is 10.2. The van der Waals surface area contributed by atoms with Gasteiger partial charge in [-0.1, -0.05) is 109 Å². The number of benzene rings is 6. The first-order valence-corrected chi connectivity index (χ1v) is 27.1. The van der Waals surface area contributed by atoms with Gasteiger partial charge in [0.25, 0.3) is 0 Å². The van der Waals surface area contributed by atoms with E-state index in [0.29, 0.717) is 40.0 Å². The molecule has 24 heteroatoms. The van der Waals surface area contributed by atoms with E-state index in [9.17, 15) is 0 Å². The van der Waals surface area contributed by atoms with Crippen molar-refractivity contribution in [3.63, 3.8) is 0 Å². The van der Waals surface area contributed by atoms with Crippen molar-refractivity contribution in [2.75, 3.05) is 69.4 Å². The monoisotopic (exact) mass is 1060 g/mol. The summed E-state index contributed by atoms with van der Waals surface area (Å²) in [5.41, 5.74) is 6.13. The Bertz CT molecular complexity index is 2230. The average molecular weight is 1060 g/mol. The molecule has 0 aromatic heterocycles. The van der Waals surface area contributed by atoms with Gasteiger partial charge in [0.05, 0.1) is 40.0 Å². The zero-order valence-corrected chi connectivity index (χ0v) is 43.2. The second-order valence-electron chi connectivity index (χ2n) is 19.8. The molecule has 0 spiro atoms.